The fourth-order valence-corrected chi connectivity index (χ4v) is 4.19. The van der Waals surface area contributed by atoms with E-state index in [1.54, 1.807) is 24.9 Å². The highest BCUT2D eigenvalue weighted by molar-refractivity contribution is 7.89. The number of ether oxygens (including phenoxy) is 1. The molecule has 0 saturated carbocycles. The summed E-state index contributed by atoms with van der Waals surface area (Å²) < 4.78 is 34.3. The van der Waals surface area contributed by atoms with Gasteiger partial charge in [0.25, 0.3) is 0 Å². The van der Waals surface area contributed by atoms with Crippen LogP contribution in [0.4, 0.5) is 0 Å². The highest BCUT2D eigenvalue weighted by Gasteiger charge is 2.30. The number of hydrogen-bond acceptors (Lipinski definition) is 4. The summed E-state index contributed by atoms with van der Waals surface area (Å²) in [6.07, 6.45) is 2.16. The summed E-state index contributed by atoms with van der Waals surface area (Å²) in [5, 5.41) is 4.22. The predicted molar refractivity (Wildman–Crippen MR) is 87.0 cm³/mol. The van der Waals surface area contributed by atoms with Crippen LogP contribution in [0.15, 0.2) is 35.4 Å². The van der Waals surface area contributed by atoms with Gasteiger partial charge in [-0.25, -0.2) is 8.42 Å². The average molecular weight is 335 g/mol. The number of para-hydroxylation sites is 1. The molecule has 1 aliphatic rings. The van der Waals surface area contributed by atoms with Crippen LogP contribution < -0.4 is 4.74 Å². The Morgan fingerprint density at radius 3 is 2.78 bits per heavy atom. The third kappa shape index (κ3) is 2.98. The molecule has 0 spiro atoms. The fourth-order valence-electron chi connectivity index (χ4n) is 2.82. The average Bonchev–Trinajstić information content (AvgIpc) is 3.09. The van der Waals surface area contributed by atoms with Crippen molar-refractivity contribution in [2.75, 3.05) is 13.6 Å². The van der Waals surface area contributed by atoms with Gasteiger partial charge < -0.3 is 4.74 Å². The molecule has 2 aromatic rings. The van der Waals surface area contributed by atoms with Crippen molar-refractivity contribution in [3.63, 3.8) is 0 Å². The van der Waals surface area contributed by atoms with E-state index in [0.717, 1.165) is 17.7 Å². The smallest absolute Gasteiger partial charge is 0.246 e. The van der Waals surface area contributed by atoms with Crippen molar-refractivity contribution >= 4 is 10.0 Å². The highest BCUT2D eigenvalue weighted by atomic mass is 32.2. The standard InChI is InChI=1S/C16H21N3O3S/c1-4-19-11-16(12(2)17-19)23(20,21)18(3)10-14-9-13-7-5-6-8-15(13)22-14/h5-8,11,14H,4,9-10H2,1-3H3/t14-/m0/s1. The molecule has 1 atom stereocenters. The molecule has 0 aliphatic carbocycles. The molecular formula is C16H21N3O3S. The molecule has 7 heteroatoms. The minimum absolute atomic E-state index is 0.159. The number of likely N-dealkylation sites (N-methyl/N-ethyl adjacent to an activating group) is 1. The number of hydrogen-bond donors (Lipinski definition) is 0. The Morgan fingerprint density at radius 2 is 2.13 bits per heavy atom. The zero-order chi connectivity index (χ0) is 16.6. The normalized spacial score (nSPS) is 17.3. The van der Waals surface area contributed by atoms with Gasteiger partial charge in [-0.05, 0) is 25.5 Å². The van der Waals surface area contributed by atoms with Crippen molar-refractivity contribution in [2.45, 2.75) is 37.8 Å². The van der Waals surface area contributed by atoms with E-state index in [9.17, 15) is 8.42 Å². The number of fused-ring (bicyclic) bond motifs is 1. The van der Waals surface area contributed by atoms with Gasteiger partial charge in [-0.2, -0.15) is 9.40 Å². The van der Waals surface area contributed by atoms with Crippen LogP contribution in [0, 0.1) is 6.92 Å². The van der Waals surface area contributed by atoms with Crippen LogP contribution in [0.5, 0.6) is 5.75 Å². The third-order valence-corrected chi connectivity index (χ3v) is 6.01. The summed E-state index contributed by atoms with van der Waals surface area (Å²) >= 11 is 0. The first-order valence-electron chi connectivity index (χ1n) is 7.66. The molecule has 0 amide bonds. The molecule has 6 nitrogen and oxygen atoms in total. The van der Waals surface area contributed by atoms with E-state index in [1.807, 2.05) is 31.2 Å². The summed E-state index contributed by atoms with van der Waals surface area (Å²) in [5.41, 5.74) is 1.65. The SMILES string of the molecule is CCn1cc(S(=O)(=O)N(C)C[C@@H]2Cc3ccccc3O2)c(C)n1. The van der Waals surface area contributed by atoms with E-state index in [1.165, 1.54) is 4.31 Å². The fraction of sp³-hybridized carbons (Fsp3) is 0.438. The van der Waals surface area contributed by atoms with Crippen molar-refractivity contribution < 1.29 is 13.2 Å². The van der Waals surface area contributed by atoms with Crippen LogP contribution in [-0.4, -0.2) is 42.2 Å². The van der Waals surface area contributed by atoms with E-state index in [2.05, 4.69) is 5.10 Å². The Morgan fingerprint density at radius 1 is 1.39 bits per heavy atom. The largest absolute Gasteiger partial charge is 0.488 e. The van der Waals surface area contributed by atoms with Crippen LogP contribution in [0.25, 0.3) is 0 Å². The van der Waals surface area contributed by atoms with Crippen LogP contribution in [0.2, 0.25) is 0 Å². The van der Waals surface area contributed by atoms with Crippen LogP contribution in [0.1, 0.15) is 18.2 Å². The second-order valence-electron chi connectivity index (χ2n) is 5.77. The molecule has 3 rings (SSSR count). The third-order valence-electron chi connectivity index (χ3n) is 4.09. The van der Waals surface area contributed by atoms with Crippen molar-refractivity contribution in [2.24, 2.45) is 0 Å². The first-order valence-corrected chi connectivity index (χ1v) is 9.10. The number of aromatic nitrogens is 2. The Hall–Kier alpha value is -1.86. The lowest BCUT2D eigenvalue weighted by Gasteiger charge is -2.20. The second-order valence-corrected chi connectivity index (χ2v) is 7.79. The van der Waals surface area contributed by atoms with Gasteiger partial charge in [0.2, 0.25) is 10.0 Å². The quantitative estimate of drug-likeness (QED) is 0.836. The van der Waals surface area contributed by atoms with E-state index in [0.29, 0.717) is 18.8 Å². The maximum Gasteiger partial charge on any atom is 0.246 e. The maximum absolute atomic E-state index is 12.8. The Bertz CT molecular complexity index is 789. The maximum atomic E-state index is 12.8. The molecular weight excluding hydrogens is 314 g/mol. The van der Waals surface area contributed by atoms with Gasteiger partial charge in [-0.15, -0.1) is 0 Å². The lowest BCUT2D eigenvalue weighted by molar-refractivity contribution is 0.204. The van der Waals surface area contributed by atoms with Crippen LogP contribution in [-0.2, 0) is 23.0 Å². The van der Waals surface area contributed by atoms with Gasteiger partial charge >= 0.3 is 0 Å². The molecule has 0 saturated heterocycles. The second kappa shape index (κ2) is 5.98. The number of aryl methyl sites for hydroxylation is 2. The van der Waals surface area contributed by atoms with Crippen LogP contribution in [0.3, 0.4) is 0 Å². The van der Waals surface area contributed by atoms with Gasteiger partial charge in [0.1, 0.15) is 16.7 Å². The Kier molecular flexibility index (Phi) is 4.16. The molecule has 0 bridgehead atoms. The summed E-state index contributed by atoms with van der Waals surface area (Å²) in [7, 11) is -1.98. The van der Waals surface area contributed by atoms with Gasteiger partial charge in [-0.3, -0.25) is 4.68 Å². The highest BCUT2D eigenvalue weighted by Crippen LogP contribution is 2.29. The zero-order valence-electron chi connectivity index (χ0n) is 13.6. The molecule has 0 unspecified atom stereocenters. The molecule has 2 heterocycles. The topological polar surface area (TPSA) is 64.4 Å². The summed E-state index contributed by atoms with van der Waals surface area (Å²) in [6.45, 7) is 4.60. The first kappa shape index (κ1) is 16.0. The van der Waals surface area contributed by atoms with Gasteiger partial charge in [0, 0.05) is 26.2 Å². The van der Waals surface area contributed by atoms with E-state index < -0.39 is 10.0 Å². The van der Waals surface area contributed by atoms with Crippen molar-refractivity contribution in [1.29, 1.82) is 0 Å². The van der Waals surface area contributed by atoms with Crippen molar-refractivity contribution in [1.82, 2.24) is 14.1 Å². The molecule has 1 aromatic heterocycles. The molecule has 124 valence electrons. The Balaban J connectivity index is 1.75. The first-order chi connectivity index (χ1) is 10.9. The van der Waals surface area contributed by atoms with Crippen LogP contribution >= 0.6 is 0 Å². The van der Waals surface area contributed by atoms with E-state index >= 15 is 0 Å². The number of rotatable bonds is 5. The van der Waals surface area contributed by atoms with Gasteiger partial charge in [0.15, 0.2) is 0 Å². The molecule has 1 aliphatic heterocycles. The van der Waals surface area contributed by atoms with E-state index in [4.69, 9.17) is 4.74 Å². The lowest BCUT2D eigenvalue weighted by atomic mass is 10.1. The molecule has 1 aromatic carbocycles. The zero-order valence-corrected chi connectivity index (χ0v) is 14.4. The summed E-state index contributed by atoms with van der Waals surface area (Å²) in [5.74, 6) is 0.846. The van der Waals surface area contributed by atoms with E-state index in [-0.39, 0.29) is 11.0 Å². The van der Waals surface area contributed by atoms with Gasteiger partial charge in [0.05, 0.1) is 12.2 Å². The minimum Gasteiger partial charge on any atom is -0.488 e. The molecule has 0 N–H and O–H groups in total. The molecule has 23 heavy (non-hydrogen) atoms. The molecule has 0 radical (unpaired) electrons. The summed E-state index contributed by atoms with van der Waals surface area (Å²) in [4.78, 5) is 0.261. The molecule has 0 fully saturated rings. The predicted octanol–water partition coefficient (Wildman–Crippen LogP) is 1.84. The van der Waals surface area contributed by atoms with Gasteiger partial charge in [-0.1, -0.05) is 18.2 Å². The minimum atomic E-state index is -3.56. The lowest BCUT2D eigenvalue weighted by Crippen LogP contribution is -2.36. The number of benzene rings is 1. The monoisotopic (exact) mass is 335 g/mol. The number of sulfonamides is 1. The Labute approximate surface area is 136 Å². The van der Waals surface area contributed by atoms with Crippen molar-refractivity contribution in [3.05, 3.63) is 41.7 Å². The number of nitrogens with zero attached hydrogens (tertiary/aromatic N) is 3. The summed E-state index contributed by atoms with van der Waals surface area (Å²) in [6, 6.07) is 7.82. The van der Waals surface area contributed by atoms with Crippen molar-refractivity contribution in [3.8, 4) is 5.75 Å².